The number of Topliss-reactive ketones (excluding diaryl/α,β-unsaturated/α-hetero) is 1. The molecule has 0 aliphatic heterocycles. The molecule has 0 radical (unpaired) electrons. The molecule has 64 valence electrons. The van der Waals surface area contributed by atoms with Crippen LogP contribution in [0.1, 0.15) is 27.9 Å². The molecule has 3 nitrogen and oxygen atoms in total. The predicted molar refractivity (Wildman–Crippen MR) is 48.2 cm³/mol. The van der Waals surface area contributed by atoms with Gasteiger partial charge in [-0.05, 0) is 24.1 Å². The highest BCUT2D eigenvalue weighted by Gasteiger charge is 2.24. The van der Waals surface area contributed by atoms with Gasteiger partial charge < -0.3 is 5.73 Å². The maximum Gasteiger partial charge on any atom is 0.164 e. The highest BCUT2D eigenvalue weighted by Crippen LogP contribution is 2.29. The number of hydrogen-bond acceptors (Lipinski definition) is 3. The third-order valence-electron chi connectivity index (χ3n) is 2.35. The highest BCUT2D eigenvalue weighted by atomic mass is 16.1. The Morgan fingerprint density at radius 3 is 2.85 bits per heavy atom. The summed E-state index contributed by atoms with van der Waals surface area (Å²) in [6.45, 7) is 0. The number of rotatable bonds is 0. The maximum atomic E-state index is 11.4. The summed E-state index contributed by atoms with van der Waals surface area (Å²) < 4.78 is 0. The van der Waals surface area contributed by atoms with Crippen molar-refractivity contribution in [2.75, 3.05) is 5.73 Å². The molecule has 1 aliphatic rings. The molecule has 13 heavy (non-hydrogen) atoms. The van der Waals surface area contributed by atoms with Crippen LogP contribution in [-0.2, 0) is 6.42 Å². The Morgan fingerprint density at radius 1 is 1.38 bits per heavy atom. The highest BCUT2D eigenvalue weighted by molar-refractivity contribution is 6.04. The molecule has 0 bridgehead atoms. The molecular weight excluding hydrogens is 164 g/mol. The number of nitriles is 1. The average molecular weight is 172 g/mol. The summed E-state index contributed by atoms with van der Waals surface area (Å²) in [4.78, 5) is 11.4. The number of anilines is 1. The second-order valence-electron chi connectivity index (χ2n) is 3.09. The number of fused-ring (bicyclic) bond motifs is 1. The van der Waals surface area contributed by atoms with Gasteiger partial charge >= 0.3 is 0 Å². The van der Waals surface area contributed by atoms with Gasteiger partial charge in [0.1, 0.15) is 0 Å². The molecule has 0 unspecified atom stereocenters. The van der Waals surface area contributed by atoms with Crippen LogP contribution in [0.15, 0.2) is 12.1 Å². The van der Waals surface area contributed by atoms with Crippen LogP contribution in [0.5, 0.6) is 0 Å². The number of carbonyl (C=O) groups is 1. The SMILES string of the molecule is N#Cc1ccc(N)c2c1C(=O)CC2. The fourth-order valence-electron chi connectivity index (χ4n) is 1.71. The Kier molecular flexibility index (Phi) is 1.56. The number of hydrogen-bond donors (Lipinski definition) is 1. The van der Waals surface area contributed by atoms with Crippen molar-refractivity contribution in [3.8, 4) is 6.07 Å². The van der Waals surface area contributed by atoms with E-state index in [0.29, 0.717) is 29.7 Å². The molecule has 0 saturated carbocycles. The molecule has 2 N–H and O–H groups in total. The van der Waals surface area contributed by atoms with Gasteiger partial charge in [-0.2, -0.15) is 5.26 Å². The number of nitrogens with two attached hydrogens (primary N) is 1. The summed E-state index contributed by atoms with van der Waals surface area (Å²) in [5.74, 6) is 0.0406. The van der Waals surface area contributed by atoms with Gasteiger partial charge in [0.05, 0.1) is 11.6 Å². The number of nitrogens with zero attached hydrogens (tertiary/aromatic N) is 1. The maximum absolute atomic E-state index is 11.4. The van der Waals surface area contributed by atoms with Gasteiger partial charge in [0.25, 0.3) is 0 Å². The Hall–Kier alpha value is -1.82. The first-order valence-corrected chi connectivity index (χ1v) is 4.08. The number of benzene rings is 1. The third-order valence-corrected chi connectivity index (χ3v) is 2.35. The van der Waals surface area contributed by atoms with Gasteiger partial charge in [-0.25, -0.2) is 0 Å². The van der Waals surface area contributed by atoms with Crippen molar-refractivity contribution in [2.45, 2.75) is 12.8 Å². The zero-order chi connectivity index (χ0) is 9.42. The van der Waals surface area contributed by atoms with Gasteiger partial charge in [-0.1, -0.05) is 0 Å². The zero-order valence-electron chi connectivity index (χ0n) is 7.00. The smallest absolute Gasteiger partial charge is 0.164 e. The molecular formula is C10H8N2O. The van der Waals surface area contributed by atoms with Crippen molar-refractivity contribution in [3.63, 3.8) is 0 Å². The van der Waals surface area contributed by atoms with Gasteiger partial charge in [0, 0.05) is 17.7 Å². The second-order valence-corrected chi connectivity index (χ2v) is 3.09. The van der Waals surface area contributed by atoms with E-state index in [9.17, 15) is 4.79 Å². The quantitative estimate of drug-likeness (QED) is 0.599. The molecule has 0 fully saturated rings. The molecule has 3 heteroatoms. The van der Waals surface area contributed by atoms with Crippen LogP contribution in [0, 0.1) is 11.3 Å². The lowest BCUT2D eigenvalue weighted by atomic mass is 10.0. The molecule has 2 rings (SSSR count). The van der Waals surface area contributed by atoms with E-state index >= 15 is 0 Å². The van der Waals surface area contributed by atoms with Gasteiger partial charge in [0.2, 0.25) is 0 Å². The number of carbonyl (C=O) groups excluding carboxylic acids is 1. The minimum atomic E-state index is 0.0406. The average Bonchev–Trinajstić information content (AvgIpc) is 2.51. The third kappa shape index (κ3) is 0.994. The fraction of sp³-hybridized carbons (Fsp3) is 0.200. The van der Waals surface area contributed by atoms with Crippen molar-refractivity contribution in [1.29, 1.82) is 5.26 Å². The molecule has 0 saturated heterocycles. The number of ketones is 1. The summed E-state index contributed by atoms with van der Waals surface area (Å²) >= 11 is 0. The summed E-state index contributed by atoms with van der Waals surface area (Å²) in [5.41, 5.74) is 8.17. The lowest BCUT2D eigenvalue weighted by Gasteiger charge is -2.02. The minimum absolute atomic E-state index is 0.0406. The fourth-order valence-corrected chi connectivity index (χ4v) is 1.71. The van der Waals surface area contributed by atoms with E-state index < -0.39 is 0 Å². The van der Waals surface area contributed by atoms with Crippen LogP contribution in [0.4, 0.5) is 5.69 Å². The topological polar surface area (TPSA) is 66.9 Å². The van der Waals surface area contributed by atoms with Crippen LogP contribution in [0.3, 0.4) is 0 Å². The molecule has 0 spiro atoms. The second kappa shape index (κ2) is 2.60. The normalized spacial score (nSPS) is 13.9. The monoisotopic (exact) mass is 172 g/mol. The Bertz CT molecular complexity index is 429. The first kappa shape index (κ1) is 7.81. The van der Waals surface area contributed by atoms with Crippen LogP contribution < -0.4 is 5.73 Å². The summed E-state index contributed by atoms with van der Waals surface area (Å²) in [5, 5.41) is 8.77. The zero-order valence-corrected chi connectivity index (χ0v) is 7.00. The van der Waals surface area contributed by atoms with E-state index in [1.165, 1.54) is 0 Å². The summed E-state index contributed by atoms with van der Waals surface area (Å²) in [6.07, 6.45) is 1.16. The molecule has 0 aromatic heterocycles. The van der Waals surface area contributed by atoms with E-state index in [1.54, 1.807) is 12.1 Å². The van der Waals surface area contributed by atoms with Crippen molar-refractivity contribution < 1.29 is 4.79 Å². The Labute approximate surface area is 75.8 Å². The lowest BCUT2D eigenvalue weighted by Crippen LogP contribution is -1.99. The van der Waals surface area contributed by atoms with Crippen molar-refractivity contribution in [3.05, 3.63) is 28.8 Å². The van der Waals surface area contributed by atoms with Crippen LogP contribution in [0.2, 0.25) is 0 Å². The van der Waals surface area contributed by atoms with Crippen LogP contribution in [-0.4, -0.2) is 5.78 Å². The van der Waals surface area contributed by atoms with E-state index in [0.717, 1.165) is 5.56 Å². The van der Waals surface area contributed by atoms with Crippen molar-refractivity contribution >= 4 is 11.5 Å². The Balaban J connectivity index is 2.75. The lowest BCUT2D eigenvalue weighted by molar-refractivity contribution is 0.0994. The first-order chi connectivity index (χ1) is 6.24. The summed E-state index contributed by atoms with van der Waals surface area (Å²) in [6, 6.07) is 5.31. The van der Waals surface area contributed by atoms with E-state index in [-0.39, 0.29) is 5.78 Å². The largest absolute Gasteiger partial charge is 0.398 e. The van der Waals surface area contributed by atoms with E-state index in [2.05, 4.69) is 0 Å². The molecule has 0 amide bonds. The molecule has 1 aromatic carbocycles. The van der Waals surface area contributed by atoms with Crippen LogP contribution in [0.25, 0.3) is 0 Å². The van der Waals surface area contributed by atoms with Gasteiger partial charge in [0.15, 0.2) is 5.78 Å². The Morgan fingerprint density at radius 2 is 2.15 bits per heavy atom. The summed E-state index contributed by atoms with van der Waals surface area (Å²) in [7, 11) is 0. The minimum Gasteiger partial charge on any atom is -0.398 e. The molecule has 0 heterocycles. The standard InChI is InChI=1S/C10H8N2O/c11-5-6-1-3-8(12)7-2-4-9(13)10(6)7/h1,3H,2,4,12H2. The van der Waals surface area contributed by atoms with Gasteiger partial charge in [-0.3, -0.25) is 4.79 Å². The molecule has 1 aromatic rings. The molecule has 0 atom stereocenters. The van der Waals surface area contributed by atoms with Crippen LogP contribution >= 0.6 is 0 Å². The number of nitrogen functional groups attached to an aromatic ring is 1. The van der Waals surface area contributed by atoms with Crippen molar-refractivity contribution in [2.24, 2.45) is 0 Å². The van der Waals surface area contributed by atoms with E-state index in [1.807, 2.05) is 6.07 Å². The molecule has 1 aliphatic carbocycles. The van der Waals surface area contributed by atoms with E-state index in [4.69, 9.17) is 11.0 Å². The predicted octanol–water partition coefficient (Wildman–Crippen LogP) is 1.27. The van der Waals surface area contributed by atoms with Gasteiger partial charge in [-0.15, -0.1) is 0 Å². The van der Waals surface area contributed by atoms with Crippen molar-refractivity contribution in [1.82, 2.24) is 0 Å². The first-order valence-electron chi connectivity index (χ1n) is 4.08.